The van der Waals surface area contributed by atoms with Gasteiger partial charge in [0.1, 0.15) is 40.2 Å². The molecule has 4 rings (SSSR count). The van der Waals surface area contributed by atoms with Gasteiger partial charge in [0.05, 0.1) is 0 Å². The van der Waals surface area contributed by atoms with Crippen LogP contribution in [0.4, 0.5) is 22.0 Å². The van der Waals surface area contributed by atoms with E-state index in [0.29, 0.717) is 0 Å². The van der Waals surface area contributed by atoms with Crippen molar-refractivity contribution in [3.63, 3.8) is 0 Å². The number of aliphatic hydroxyl groups excluding tert-OH is 1. The number of halogens is 5. The van der Waals surface area contributed by atoms with Gasteiger partial charge < -0.3 is 20.4 Å². The Labute approximate surface area is 216 Å². The van der Waals surface area contributed by atoms with Crippen LogP contribution in [-0.2, 0) is 0 Å². The van der Waals surface area contributed by atoms with Crippen LogP contribution in [0.25, 0.3) is 33.4 Å². The minimum Gasteiger partial charge on any atom is -0.477 e. The Balaban J connectivity index is 2.00. The molecule has 0 aromatic heterocycles. The number of carboxylic acids is 2. The minimum absolute atomic E-state index is 0.0321. The van der Waals surface area contributed by atoms with Crippen molar-refractivity contribution < 1.29 is 52.0 Å². The van der Waals surface area contributed by atoms with Crippen LogP contribution >= 0.6 is 0 Å². The molecule has 0 saturated carbocycles. The molecule has 39 heavy (non-hydrogen) atoms. The predicted octanol–water partition coefficient (Wildman–Crippen LogP) is 6.07. The summed E-state index contributed by atoms with van der Waals surface area (Å²) in [5.74, 6) is -10.2. The van der Waals surface area contributed by atoms with Gasteiger partial charge in [0.25, 0.3) is 0 Å². The van der Waals surface area contributed by atoms with E-state index in [-0.39, 0.29) is 38.9 Å². The standard InChI is InChI=1S/C28H17F5O6/c1-11-2-12(6-18(29)23(11)26(34)35)13-3-14(16-7-19(30)24(27(36)37)20(31)8-16)5-15(4-13)17-9-21(32)25(28(38)39)22(33)10-17/h2-10,26,34-35H,1H3,(H,36,37)(H,38,39). The monoisotopic (exact) mass is 544 g/mol. The lowest BCUT2D eigenvalue weighted by molar-refractivity contribution is -0.0454. The topological polar surface area (TPSA) is 115 Å². The van der Waals surface area contributed by atoms with Crippen LogP contribution in [-0.4, -0.2) is 32.4 Å². The van der Waals surface area contributed by atoms with Gasteiger partial charge in [-0.25, -0.2) is 31.5 Å². The zero-order valence-corrected chi connectivity index (χ0v) is 19.8. The van der Waals surface area contributed by atoms with Gasteiger partial charge in [0.2, 0.25) is 0 Å². The van der Waals surface area contributed by atoms with Gasteiger partial charge in [-0.05, 0) is 94.4 Å². The van der Waals surface area contributed by atoms with Crippen molar-refractivity contribution >= 4 is 11.9 Å². The molecular formula is C28H17F5O6. The fourth-order valence-corrected chi connectivity index (χ4v) is 4.26. The molecule has 0 unspecified atom stereocenters. The Morgan fingerprint density at radius 1 is 0.538 bits per heavy atom. The van der Waals surface area contributed by atoms with Crippen LogP contribution in [0.5, 0.6) is 0 Å². The molecule has 0 fully saturated rings. The van der Waals surface area contributed by atoms with Crippen molar-refractivity contribution in [2.24, 2.45) is 0 Å². The Bertz CT molecular complexity index is 1510. The van der Waals surface area contributed by atoms with E-state index in [4.69, 9.17) is 10.2 Å². The van der Waals surface area contributed by atoms with E-state index < -0.39 is 64.0 Å². The maximum absolute atomic E-state index is 14.7. The molecule has 0 heterocycles. The third kappa shape index (κ3) is 5.22. The Hall–Kier alpha value is -4.61. The molecule has 6 nitrogen and oxygen atoms in total. The highest BCUT2D eigenvalue weighted by atomic mass is 19.1. The molecule has 11 heteroatoms. The summed E-state index contributed by atoms with van der Waals surface area (Å²) in [5, 5.41) is 37.0. The summed E-state index contributed by atoms with van der Waals surface area (Å²) in [6.45, 7) is 1.40. The van der Waals surface area contributed by atoms with E-state index in [9.17, 15) is 41.8 Å². The number of hydrogen-bond donors (Lipinski definition) is 4. The molecule has 0 bridgehead atoms. The molecule has 0 aliphatic carbocycles. The van der Waals surface area contributed by atoms with E-state index in [2.05, 4.69) is 0 Å². The normalized spacial score (nSPS) is 11.2. The lowest BCUT2D eigenvalue weighted by atomic mass is 9.91. The first-order chi connectivity index (χ1) is 18.3. The molecule has 0 saturated heterocycles. The highest BCUT2D eigenvalue weighted by Gasteiger charge is 2.22. The van der Waals surface area contributed by atoms with Gasteiger partial charge in [-0.15, -0.1) is 0 Å². The van der Waals surface area contributed by atoms with Crippen molar-refractivity contribution in [3.05, 3.63) is 106 Å². The molecule has 4 N–H and O–H groups in total. The predicted molar refractivity (Wildman–Crippen MR) is 128 cm³/mol. The molecule has 4 aromatic rings. The molecule has 200 valence electrons. The summed E-state index contributed by atoms with van der Waals surface area (Å²) >= 11 is 0. The van der Waals surface area contributed by atoms with Crippen LogP contribution in [0.3, 0.4) is 0 Å². The fourth-order valence-electron chi connectivity index (χ4n) is 4.26. The summed E-state index contributed by atoms with van der Waals surface area (Å²) in [4.78, 5) is 22.4. The number of benzene rings is 4. The zero-order valence-electron chi connectivity index (χ0n) is 19.8. The first kappa shape index (κ1) is 27.4. The third-order valence-electron chi connectivity index (χ3n) is 6.04. The average Bonchev–Trinajstić information content (AvgIpc) is 2.81. The fraction of sp³-hybridized carbons (Fsp3) is 0.0714. The van der Waals surface area contributed by atoms with E-state index >= 15 is 0 Å². The largest absolute Gasteiger partial charge is 0.477 e. The molecule has 0 amide bonds. The van der Waals surface area contributed by atoms with Crippen molar-refractivity contribution in [2.45, 2.75) is 13.2 Å². The van der Waals surface area contributed by atoms with Crippen molar-refractivity contribution in [1.82, 2.24) is 0 Å². The second-order valence-corrected chi connectivity index (χ2v) is 8.60. The summed E-state index contributed by atoms with van der Waals surface area (Å²) in [6.07, 6.45) is -2.11. The van der Waals surface area contributed by atoms with Gasteiger partial charge >= 0.3 is 11.9 Å². The van der Waals surface area contributed by atoms with Crippen molar-refractivity contribution in [1.29, 1.82) is 0 Å². The van der Waals surface area contributed by atoms with Gasteiger partial charge in [0.15, 0.2) is 6.29 Å². The minimum atomic E-state index is -2.11. The zero-order chi connectivity index (χ0) is 28.8. The molecular weight excluding hydrogens is 527 g/mol. The van der Waals surface area contributed by atoms with Crippen LogP contribution in [0.1, 0.15) is 38.1 Å². The molecule has 4 aromatic carbocycles. The quantitative estimate of drug-likeness (QED) is 0.173. The third-order valence-corrected chi connectivity index (χ3v) is 6.04. The first-order valence-corrected chi connectivity index (χ1v) is 11.1. The molecule has 0 radical (unpaired) electrons. The number of hydrogen-bond acceptors (Lipinski definition) is 4. The Kier molecular flexibility index (Phi) is 7.23. The number of aromatic carboxylic acids is 2. The van der Waals surface area contributed by atoms with Crippen molar-refractivity contribution in [3.8, 4) is 33.4 Å². The van der Waals surface area contributed by atoms with Crippen LogP contribution < -0.4 is 0 Å². The smallest absolute Gasteiger partial charge is 0.341 e. The number of aryl methyl sites for hydroxylation is 1. The highest BCUT2D eigenvalue weighted by Crippen LogP contribution is 2.36. The van der Waals surface area contributed by atoms with Crippen LogP contribution in [0, 0.1) is 36.0 Å². The lowest BCUT2D eigenvalue weighted by Crippen LogP contribution is -2.05. The Morgan fingerprint density at radius 3 is 1.10 bits per heavy atom. The summed E-state index contributed by atoms with van der Waals surface area (Å²) in [5.41, 5.74) is -2.61. The molecule has 0 aliphatic heterocycles. The summed E-state index contributed by atoms with van der Waals surface area (Å²) < 4.78 is 72.6. The number of carboxylic acid groups (broad SMARTS) is 2. The van der Waals surface area contributed by atoms with Crippen molar-refractivity contribution in [2.75, 3.05) is 0 Å². The number of rotatable bonds is 6. The van der Waals surface area contributed by atoms with E-state index in [0.717, 1.165) is 30.3 Å². The summed E-state index contributed by atoms with van der Waals surface area (Å²) in [6, 6.07) is 9.24. The Morgan fingerprint density at radius 2 is 0.821 bits per heavy atom. The number of carbonyl (C=O) groups is 2. The maximum atomic E-state index is 14.7. The molecule has 0 atom stereocenters. The van der Waals surface area contributed by atoms with E-state index in [1.807, 2.05) is 0 Å². The molecule has 0 aliphatic rings. The highest BCUT2D eigenvalue weighted by molar-refractivity contribution is 5.91. The second kappa shape index (κ2) is 10.3. The SMILES string of the molecule is Cc1cc(-c2cc(-c3cc(F)c(C(=O)O)c(F)c3)cc(-c3cc(F)c(C(=O)O)c(F)c3)c2)cc(F)c1C(O)O. The molecule has 0 spiro atoms. The maximum Gasteiger partial charge on any atom is 0.341 e. The van der Waals surface area contributed by atoms with Crippen LogP contribution in [0.2, 0.25) is 0 Å². The first-order valence-electron chi connectivity index (χ1n) is 11.1. The van der Waals surface area contributed by atoms with Gasteiger partial charge in [-0.1, -0.05) is 6.07 Å². The average molecular weight is 544 g/mol. The van der Waals surface area contributed by atoms with Gasteiger partial charge in [-0.2, -0.15) is 0 Å². The van der Waals surface area contributed by atoms with E-state index in [1.165, 1.54) is 31.2 Å². The van der Waals surface area contributed by atoms with Gasteiger partial charge in [-0.3, -0.25) is 0 Å². The lowest BCUT2D eigenvalue weighted by Gasteiger charge is -2.15. The van der Waals surface area contributed by atoms with Gasteiger partial charge in [0, 0.05) is 5.56 Å². The summed E-state index contributed by atoms with van der Waals surface area (Å²) in [7, 11) is 0. The second-order valence-electron chi connectivity index (χ2n) is 8.60. The van der Waals surface area contributed by atoms with Crippen LogP contribution in [0.15, 0.2) is 54.6 Å². The number of aliphatic hydroxyl groups is 2. The van der Waals surface area contributed by atoms with E-state index in [1.54, 1.807) is 0 Å².